The number of carbonyl (C=O) groups excluding carboxylic acids is 3. The second-order valence-electron chi connectivity index (χ2n) is 18.5. The molecule has 0 radical (unpaired) electrons. The van der Waals surface area contributed by atoms with Crippen LogP contribution in [0.5, 0.6) is 0 Å². The summed E-state index contributed by atoms with van der Waals surface area (Å²) < 4.78 is 16.8. The zero-order valence-electron chi connectivity index (χ0n) is 42.1. The van der Waals surface area contributed by atoms with Gasteiger partial charge in [0, 0.05) is 19.3 Å². The number of ether oxygens (including phenoxy) is 3. The molecule has 0 aromatic rings. The van der Waals surface area contributed by atoms with E-state index in [0.29, 0.717) is 19.3 Å². The molecule has 0 saturated carbocycles. The summed E-state index contributed by atoms with van der Waals surface area (Å²) in [4.78, 5) is 38.0. The third-order valence-corrected chi connectivity index (χ3v) is 12.1. The lowest BCUT2D eigenvalue weighted by Crippen LogP contribution is -2.30. The first-order valence-corrected chi connectivity index (χ1v) is 27.5. The highest BCUT2D eigenvalue weighted by Gasteiger charge is 2.19. The van der Waals surface area contributed by atoms with Gasteiger partial charge in [-0.3, -0.25) is 14.4 Å². The predicted molar refractivity (Wildman–Crippen MR) is 270 cm³/mol. The number of rotatable bonds is 50. The van der Waals surface area contributed by atoms with E-state index in [1.54, 1.807) is 0 Å². The van der Waals surface area contributed by atoms with Crippen molar-refractivity contribution < 1.29 is 28.6 Å². The van der Waals surface area contributed by atoms with Crippen LogP contribution in [0.3, 0.4) is 0 Å². The van der Waals surface area contributed by atoms with Gasteiger partial charge in [0.15, 0.2) is 6.10 Å². The van der Waals surface area contributed by atoms with E-state index < -0.39 is 6.10 Å². The Balaban J connectivity index is 4.36. The van der Waals surface area contributed by atoms with Gasteiger partial charge in [0.05, 0.1) is 0 Å². The van der Waals surface area contributed by atoms with Gasteiger partial charge < -0.3 is 14.2 Å². The van der Waals surface area contributed by atoms with E-state index in [9.17, 15) is 14.4 Å². The Morgan fingerprint density at radius 1 is 0.317 bits per heavy atom. The monoisotopic (exact) mass is 885 g/mol. The Morgan fingerprint density at radius 2 is 0.571 bits per heavy atom. The molecule has 0 aliphatic carbocycles. The van der Waals surface area contributed by atoms with E-state index in [1.165, 1.54) is 173 Å². The van der Waals surface area contributed by atoms with Gasteiger partial charge in [0.2, 0.25) is 0 Å². The Kier molecular flexibility index (Phi) is 50.3. The zero-order valence-corrected chi connectivity index (χ0v) is 42.1. The molecule has 0 rings (SSSR count). The van der Waals surface area contributed by atoms with Crippen LogP contribution in [0.15, 0.2) is 36.5 Å². The fraction of sp³-hybridized carbons (Fsp3) is 0.842. The molecule has 0 saturated heterocycles. The van der Waals surface area contributed by atoms with Crippen LogP contribution < -0.4 is 0 Å². The Labute approximate surface area is 391 Å². The predicted octanol–water partition coefficient (Wildman–Crippen LogP) is 18.1. The third kappa shape index (κ3) is 50.5. The van der Waals surface area contributed by atoms with Gasteiger partial charge >= 0.3 is 17.9 Å². The molecule has 0 bridgehead atoms. The van der Waals surface area contributed by atoms with Crippen molar-refractivity contribution in [3.05, 3.63) is 36.5 Å². The lowest BCUT2D eigenvalue weighted by atomic mass is 10.0. The summed E-state index contributed by atoms with van der Waals surface area (Å²) >= 11 is 0. The SMILES string of the molecule is CCCCC/C=C\C/C=C\CCCCCCCCCC(=O)OC[C@@H](COC(=O)CCCCCCCCCCCCCCCC)OC(=O)CCCCCCC/C=C\CCCCCCC. The van der Waals surface area contributed by atoms with Gasteiger partial charge in [-0.15, -0.1) is 0 Å². The van der Waals surface area contributed by atoms with E-state index in [2.05, 4.69) is 57.2 Å². The minimum Gasteiger partial charge on any atom is -0.462 e. The highest BCUT2D eigenvalue weighted by Crippen LogP contribution is 2.16. The molecule has 368 valence electrons. The van der Waals surface area contributed by atoms with Crippen LogP contribution in [0.1, 0.15) is 290 Å². The molecule has 6 nitrogen and oxygen atoms in total. The summed E-state index contributed by atoms with van der Waals surface area (Å²) in [6, 6.07) is 0. The number of allylic oxidation sites excluding steroid dienone is 6. The number of hydrogen-bond donors (Lipinski definition) is 0. The largest absolute Gasteiger partial charge is 0.462 e. The molecule has 0 heterocycles. The Bertz CT molecular complexity index is 1060. The highest BCUT2D eigenvalue weighted by atomic mass is 16.6. The van der Waals surface area contributed by atoms with E-state index in [1.807, 2.05) is 0 Å². The van der Waals surface area contributed by atoms with Gasteiger partial charge in [-0.2, -0.15) is 0 Å². The summed E-state index contributed by atoms with van der Waals surface area (Å²) in [5.41, 5.74) is 0. The molecular formula is C57H104O6. The van der Waals surface area contributed by atoms with Crippen molar-refractivity contribution in [3.63, 3.8) is 0 Å². The molecule has 0 amide bonds. The van der Waals surface area contributed by atoms with Crippen LogP contribution in [0.25, 0.3) is 0 Å². The normalized spacial score (nSPS) is 12.2. The summed E-state index contributed by atoms with van der Waals surface area (Å²) in [6.07, 6.45) is 61.2. The van der Waals surface area contributed by atoms with Crippen LogP contribution in [0.2, 0.25) is 0 Å². The molecule has 1 atom stereocenters. The van der Waals surface area contributed by atoms with E-state index in [0.717, 1.165) is 77.0 Å². The van der Waals surface area contributed by atoms with Crippen molar-refractivity contribution in [1.82, 2.24) is 0 Å². The van der Waals surface area contributed by atoms with Gasteiger partial charge in [0.1, 0.15) is 13.2 Å². The average molecular weight is 885 g/mol. The lowest BCUT2D eigenvalue weighted by Gasteiger charge is -2.18. The molecule has 63 heavy (non-hydrogen) atoms. The third-order valence-electron chi connectivity index (χ3n) is 12.1. The van der Waals surface area contributed by atoms with E-state index in [-0.39, 0.29) is 31.1 Å². The molecule has 0 unspecified atom stereocenters. The van der Waals surface area contributed by atoms with E-state index >= 15 is 0 Å². The second kappa shape index (κ2) is 52.3. The number of unbranched alkanes of at least 4 members (excludes halogenated alkanes) is 33. The van der Waals surface area contributed by atoms with Crippen molar-refractivity contribution in [2.45, 2.75) is 297 Å². The average Bonchev–Trinajstić information content (AvgIpc) is 3.28. The fourth-order valence-electron chi connectivity index (χ4n) is 7.94. The van der Waals surface area contributed by atoms with Crippen molar-refractivity contribution >= 4 is 17.9 Å². The maximum atomic E-state index is 12.8. The minimum absolute atomic E-state index is 0.0747. The van der Waals surface area contributed by atoms with Gasteiger partial charge in [-0.05, 0) is 77.0 Å². The van der Waals surface area contributed by atoms with Crippen molar-refractivity contribution in [1.29, 1.82) is 0 Å². The van der Waals surface area contributed by atoms with Gasteiger partial charge in [-0.1, -0.05) is 231 Å². The summed E-state index contributed by atoms with van der Waals surface area (Å²) in [6.45, 7) is 6.62. The van der Waals surface area contributed by atoms with Crippen molar-refractivity contribution in [2.75, 3.05) is 13.2 Å². The zero-order chi connectivity index (χ0) is 45.8. The molecular weight excluding hydrogens is 781 g/mol. The molecule has 0 fully saturated rings. The maximum absolute atomic E-state index is 12.8. The first kappa shape index (κ1) is 60.6. The second-order valence-corrected chi connectivity index (χ2v) is 18.5. The number of carbonyl (C=O) groups is 3. The molecule has 0 aliphatic heterocycles. The molecule has 6 heteroatoms. The van der Waals surface area contributed by atoms with Crippen LogP contribution >= 0.6 is 0 Å². The quantitative estimate of drug-likeness (QED) is 0.0262. The highest BCUT2D eigenvalue weighted by molar-refractivity contribution is 5.71. The van der Waals surface area contributed by atoms with E-state index in [4.69, 9.17) is 14.2 Å². The molecule has 0 spiro atoms. The Morgan fingerprint density at radius 3 is 0.921 bits per heavy atom. The molecule has 0 aliphatic rings. The van der Waals surface area contributed by atoms with Crippen LogP contribution in [-0.2, 0) is 28.6 Å². The molecule has 0 aromatic heterocycles. The smallest absolute Gasteiger partial charge is 0.306 e. The summed E-state index contributed by atoms with van der Waals surface area (Å²) in [7, 11) is 0. The minimum atomic E-state index is -0.776. The van der Waals surface area contributed by atoms with Gasteiger partial charge in [-0.25, -0.2) is 0 Å². The van der Waals surface area contributed by atoms with Gasteiger partial charge in [0.25, 0.3) is 0 Å². The fourth-order valence-corrected chi connectivity index (χ4v) is 7.94. The first-order valence-electron chi connectivity index (χ1n) is 27.5. The summed E-state index contributed by atoms with van der Waals surface area (Å²) in [5.74, 6) is -0.878. The van der Waals surface area contributed by atoms with Crippen molar-refractivity contribution in [2.24, 2.45) is 0 Å². The summed E-state index contributed by atoms with van der Waals surface area (Å²) in [5, 5.41) is 0. The Hall–Kier alpha value is -2.37. The standard InChI is InChI=1S/C57H104O6/c1-4-7-10-13-16-19-22-25-28-29-30-33-35-38-41-44-47-50-56(59)62-53-54(63-57(60)51-48-45-42-39-36-32-27-24-21-18-15-12-9-6-3)52-61-55(58)49-46-43-40-37-34-31-26-23-20-17-14-11-8-5-2/h16,19,24-25,27-28,54H,4-15,17-18,20-23,26,29-53H2,1-3H3/b19-16-,27-24-,28-25-/t54-/m1/s1. The number of esters is 3. The molecule has 0 N–H and O–H groups in total. The maximum Gasteiger partial charge on any atom is 0.306 e. The topological polar surface area (TPSA) is 78.9 Å². The van der Waals surface area contributed by atoms with Crippen molar-refractivity contribution in [3.8, 4) is 0 Å². The van der Waals surface area contributed by atoms with Crippen LogP contribution in [0.4, 0.5) is 0 Å². The number of hydrogen-bond acceptors (Lipinski definition) is 6. The van der Waals surface area contributed by atoms with Crippen LogP contribution in [-0.4, -0.2) is 37.2 Å². The molecule has 0 aromatic carbocycles. The van der Waals surface area contributed by atoms with Crippen LogP contribution in [0, 0.1) is 0 Å². The first-order chi connectivity index (χ1) is 31.0. The lowest BCUT2D eigenvalue weighted by molar-refractivity contribution is -0.167.